The van der Waals surface area contributed by atoms with Crippen LogP contribution in [-0.4, -0.2) is 11.4 Å². The van der Waals surface area contributed by atoms with E-state index in [9.17, 15) is 9.18 Å². The lowest BCUT2D eigenvalue weighted by Crippen LogP contribution is -2.48. The van der Waals surface area contributed by atoms with Crippen LogP contribution in [0.1, 0.15) is 31.7 Å². The van der Waals surface area contributed by atoms with Crippen molar-refractivity contribution in [2.45, 2.75) is 38.6 Å². The lowest BCUT2D eigenvalue weighted by molar-refractivity contribution is -0.122. The summed E-state index contributed by atoms with van der Waals surface area (Å²) >= 11 is 0. The molecule has 1 aliphatic carbocycles. The Morgan fingerprint density at radius 3 is 2.67 bits per heavy atom. The predicted molar refractivity (Wildman–Crippen MR) is 69.7 cm³/mol. The molecule has 4 heteroatoms. The van der Waals surface area contributed by atoms with E-state index in [1.807, 2.05) is 13.0 Å². The fourth-order valence-corrected chi connectivity index (χ4v) is 2.24. The summed E-state index contributed by atoms with van der Waals surface area (Å²) in [6.45, 7) is 3.60. The highest BCUT2D eigenvalue weighted by Gasteiger charge is 2.37. The van der Waals surface area contributed by atoms with E-state index in [0.717, 1.165) is 18.4 Å². The van der Waals surface area contributed by atoms with Gasteiger partial charge in [0.25, 0.3) is 0 Å². The SMILES string of the molecule is Cc1cc(F)cc(NC(C)(CC2CC2)C(N)=O)c1. The van der Waals surface area contributed by atoms with Crippen LogP contribution in [0.4, 0.5) is 10.1 Å². The average molecular weight is 250 g/mol. The van der Waals surface area contributed by atoms with Gasteiger partial charge >= 0.3 is 0 Å². The van der Waals surface area contributed by atoms with Crippen LogP contribution in [0.15, 0.2) is 18.2 Å². The number of carbonyl (C=O) groups excluding carboxylic acids is 1. The maximum Gasteiger partial charge on any atom is 0.242 e. The summed E-state index contributed by atoms with van der Waals surface area (Å²) in [5.41, 5.74) is 6.09. The van der Waals surface area contributed by atoms with Crippen LogP contribution in [0, 0.1) is 18.7 Å². The smallest absolute Gasteiger partial charge is 0.242 e. The molecule has 18 heavy (non-hydrogen) atoms. The van der Waals surface area contributed by atoms with Crippen LogP contribution in [-0.2, 0) is 4.79 Å². The molecule has 0 spiro atoms. The van der Waals surface area contributed by atoms with Crippen molar-refractivity contribution in [3.8, 4) is 0 Å². The summed E-state index contributed by atoms with van der Waals surface area (Å²) < 4.78 is 13.3. The van der Waals surface area contributed by atoms with Gasteiger partial charge in [0.05, 0.1) is 0 Å². The molecule has 0 radical (unpaired) electrons. The van der Waals surface area contributed by atoms with Gasteiger partial charge in [-0.1, -0.05) is 12.8 Å². The second-order valence-electron chi connectivity index (χ2n) is 5.49. The van der Waals surface area contributed by atoms with Crippen LogP contribution in [0.2, 0.25) is 0 Å². The molecule has 1 unspecified atom stereocenters. The first-order valence-electron chi connectivity index (χ1n) is 6.24. The molecule has 0 aromatic heterocycles. The Morgan fingerprint density at radius 2 is 2.17 bits per heavy atom. The molecule has 1 aromatic carbocycles. The van der Waals surface area contributed by atoms with Crippen molar-refractivity contribution in [1.82, 2.24) is 0 Å². The first kappa shape index (κ1) is 12.9. The van der Waals surface area contributed by atoms with E-state index in [4.69, 9.17) is 5.73 Å². The van der Waals surface area contributed by atoms with Crippen LogP contribution < -0.4 is 11.1 Å². The molecule has 0 bridgehead atoms. The van der Waals surface area contributed by atoms with E-state index < -0.39 is 11.4 Å². The summed E-state index contributed by atoms with van der Waals surface area (Å²) in [6, 6.07) is 4.66. The Balaban J connectivity index is 2.19. The Morgan fingerprint density at radius 1 is 1.50 bits per heavy atom. The number of hydrogen-bond acceptors (Lipinski definition) is 2. The lowest BCUT2D eigenvalue weighted by atomic mass is 9.93. The number of aryl methyl sites for hydroxylation is 1. The van der Waals surface area contributed by atoms with Gasteiger partial charge in [-0.2, -0.15) is 0 Å². The van der Waals surface area contributed by atoms with Crippen molar-refractivity contribution >= 4 is 11.6 Å². The van der Waals surface area contributed by atoms with E-state index in [1.54, 1.807) is 6.92 Å². The maximum atomic E-state index is 13.3. The Bertz CT molecular complexity index is 451. The molecule has 1 saturated carbocycles. The minimum atomic E-state index is -0.804. The van der Waals surface area contributed by atoms with E-state index >= 15 is 0 Å². The van der Waals surface area contributed by atoms with Crippen molar-refractivity contribution < 1.29 is 9.18 Å². The summed E-state index contributed by atoms with van der Waals surface area (Å²) in [5.74, 6) is -0.142. The van der Waals surface area contributed by atoms with Gasteiger partial charge in [-0.05, 0) is 49.9 Å². The quantitative estimate of drug-likeness (QED) is 0.844. The number of rotatable bonds is 5. The zero-order valence-corrected chi connectivity index (χ0v) is 10.8. The fraction of sp³-hybridized carbons (Fsp3) is 0.500. The van der Waals surface area contributed by atoms with E-state index in [-0.39, 0.29) is 5.82 Å². The van der Waals surface area contributed by atoms with Crippen molar-refractivity contribution in [1.29, 1.82) is 0 Å². The largest absolute Gasteiger partial charge is 0.371 e. The van der Waals surface area contributed by atoms with E-state index in [0.29, 0.717) is 18.0 Å². The van der Waals surface area contributed by atoms with Gasteiger partial charge < -0.3 is 11.1 Å². The third-order valence-corrected chi connectivity index (χ3v) is 3.40. The molecule has 1 amide bonds. The van der Waals surface area contributed by atoms with Crippen molar-refractivity contribution in [2.24, 2.45) is 11.7 Å². The molecule has 2 rings (SSSR count). The molecule has 1 aliphatic rings. The lowest BCUT2D eigenvalue weighted by Gasteiger charge is -2.29. The summed E-state index contributed by atoms with van der Waals surface area (Å²) in [7, 11) is 0. The Labute approximate surface area is 107 Å². The molecule has 0 saturated heterocycles. The van der Waals surface area contributed by atoms with Crippen LogP contribution >= 0.6 is 0 Å². The number of hydrogen-bond donors (Lipinski definition) is 2. The normalized spacial score (nSPS) is 18.2. The second kappa shape index (κ2) is 4.59. The molecule has 3 N–H and O–H groups in total. The topological polar surface area (TPSA) is 55.1 Å². The van der Waals surface area contributed by atoms with Crippen molar-refractivity contribution in [3.63, 3.8) is 0 Å². The predicted octanol–water partition coefficient (Wildman–Crippen LogP) is 2.59. The van der Waals surface area contributed by atoms with Gasteiger partial charge in [0.15, 0.2) is 0 Å². The summed E-state index contributed by atoms with van der Waals surface area (Å²) in [5, 5.41) is 3.09. The molecule has 0 heterocycles. The van der Waals surface area contributed by atoms with Gasteiger partial charge in [0.2, 0.25) is 5.91 Å². The molecular weight excluding hydrogens is 231 g/mol. The molecule has 0 aliphatic heterocycles. The number of nitrogens with one attached hydrogen (secondary N) is 1. The molecular formula is C14H19FN2O. The van der Waals surface area contributed by atoms with Gasteiger partial charge in [-0.25, -0.2) is 4.39 Å². The maximum absolute atomic E-state index is 13.3. The number of primary amides is 1. The standard InChI is InChI=1S/C14H19FN2O/c1-9-5-11(15)7-12(6-9)17-14(2,13(16)18)8-10-3-4-10/h5-7,10,17H,3-4,8H2,1-2H3,(H2,16,18). The van der Waals surface area contributed by atoms with Gasteiger partial charge in [-0.15, -0.1) is 0 Å². The summed E-state index contributed by atoms with van der Waals surface area (Å²) in [6.07, 6.45) is 3.00. The zero-order chi connectivity index (χ0) is 13.3. The zero-order valence-electron chi connectivity index (χ0n) is 10.8. The highest BCUT2D eigenvalue weighted by Crippen LogP contribution is 2.38. The molecule has 3 nitrogen and oxygen atoms in total. The second-order valence-corrected chi connectivity index (χ2v) is 5.49. The average Bonchev–Trinajstić information content (AvgIpc) is 2.99. The van der Waals surface area contributed by atoms with Gasteiger partial charge in [-0.3, -0.25) is 4.79 Å². The number of anilines is 1. The highest BCUT2D eigenvalue weighted by atomic mass is 19.1. The first-order valence-corrected chi connectivity index (χ1v) is 6.24. The number of carbonyl (C=O) groups is 1. The number of nitrogens with two attached hydrogens (primary N) is 1. The third-order valence-electron chi connectivity index (χ3n) is 3.40. The molecule has 1 atom stereocenters. The summed E-state index contributed by atoms with van der Waals surface area (Å²) in [4.78, 5) is 11.6. The van der Waals surface area contributed by atoms with Crippen LogP contribution in [0.25, 0.3) is 0 Å². The number of halogens is 1. The minimum Gasteiger partial charge on any atom is -0.371 e. The molecule has 98 valence electrons. The monoisotopic (exact) mass is 250 g/mol. The molecule has 1 aromatic rings. The Hall–Kier alpha value is -1.58. The Kier molecular flexibility index (Phi) is 3.28. The fourth-order valence-electron chi connectivity index (χ4n) is 2.24. The van der Waals surface area contributed by atoms with Gasteiger partial charge in [0, 0.05) is 5.69 Å². The minimum absolute atomic E-state index is 0.309. The van der Waals surface area contributed by atoms with Crippen LogP contribution in [0.3, 0.4) is 0 Å². The van der Waals surface area contributed by atoms with Crippen molar-refractivity contribution in [2.75, 3.05) is 5.32 Å². The highest BCUT2D eigenvalue weighted by molar-refractivity contribution is 5.87. The van der Waals surface area contributed by atoms with Crippen LogP contribution in [0.5, 0.6) is 0 Å². The van der Waals surface area contributed by atoms with Gasteiger partial charge in [0.1, 0.15) is 11.4 Å². The third kappa shape index (κ3) is 3.00. The van der Waals surface area contributed by atoms with E-state index in [1.165, 1.54) is 12.1 Å². The number of benzene rings is 1. The van der Waals surface area contributed by atoms with Crippen molar-refractivity contribution in [3.05, 3.63) is 29.6 Å². The first-order chi connectivity index (χ1) is 8.39. The molecule has 1 fully saturated rings. The van der Waals surface area contributed by atoms with E-state index in [2.05, 4.69) is 5.32 Å². The number of amides is 1.